The molecule has 0 bridgehead atoms. The molecular weight excluding hydrogens is 540 g/mol. The molecule has 3 rings (SSSR count). The molecular formula is C24H25BrN2O5S2. The van der Waals surface area contributed by atoms with Gasteiger partial charge in [-0.2, -0.15) is 0 Å². The van der Waals surface area contributed by atoms with Crippen LogP contribution in [0.2, 0.25) is 0 Å². The van der Waals surface area contributed by atoms with Crippen LogP contribution in [0.1, 0.15) is 17.5 Å². The highest BCUT2D eigenvalue weighted by atomic mass is 79.9. The van der Waals surface area contributed by atoms with Crippen molar-refractivity contribution in [3.63, 3.8) is 0 Å². The highest BCUT2D eigenvalue weighted by Crippen LogP contribution is 2.35. The van der Waals surface area contributed by atoms with Gasteiger partial charge in [0, 0.05) is 30.4 Å². The third-order valence-corrected chi connectivity index (χ3v) is 7.16. The van der Waals surface area contributed by atoms with E-state index in [-0.39, 0.29) is 18.4 Å². The molecule has 1 aliphatic rings. The van der Waals surface area contributed by atoms with E-state index in [1.807, 2.05) is 25.1 Å². The standard InChI is InChI=1S/C24H25BrN2O5S2/c1-15-11-17(6-7-18(15)25)26-22(28)14-32-19-8-5-16(12-20(19)31-3)13-21-23(29)27(24(33)34-21)9-4-10-30-2/h5-8,11-13H,4,9-10,14H2,1-3H3,(H,26,28)/b21-13-. The minimum absolute atomic E-state index is 0.120. The molecule has 34 heavy (non-hydrogen) atoms. The Morgan fingerprint density at radius 1 is 1.21 bits per heavy atom. The number of anilines is 1. The van der Waals surface area contributed by atoms with Gasteiger partial charge in [0.2, 0.25) is 0 Å². The molecule has 0 saturated carbocycles. The maximum atomic E-state index is 12.7. The van der Waals surface area contributed by atoms with Crippen LogP contribution >= 0.6 is 39.9 Å². The highest BCUT2D eigenvalue weighted by Gasteiger charge is 2.31. The van der Waals surface area contributed by atoms with Crippen LogP contribution in [0.15, 0.2) is 45.8 Å². The molecule has 0 aliphatic carbocycles. The average Bonchev–Trinajstić information content (AvgIpc) is 3.08. The second-order valence-electron chi connectivity index (χ2n) is 7.39. The van der Waals surface area contributed by atoms with E-state index >= 15 is 0 Å². The SMILES string of the molecule is COCCCN1C(=O)/C(=C/c2ccc(OCC(=O)Nc3ccc(Br)c(C)c3)c(OC)c2)SC1=S. The van der Waals surface area contributed by atoms with Crippen LogP contribution in [-0.4, -0.2) is 55.0 Å². The molecule has 0 unspecified atom stereocenters. The molecule has 2 aromatic carbocycles. The Morgan fingerprint density at radius 3 is 2.71 bits per heavy atom. The molecule has 0 radical (unpaired) electrons. The minimum atomic E-state index is -0.287. The predicted molar refractivity (Wildman–Crippen MR) is 142 cm³/mol. The second kappa shape index (κ2) is 12.3. The zero-order valence-electron chi connectivity index (χ0n) is 19.1. The fraction of sp³-hybridized carbons (Fsp3) is 0.292. The number of thiocarbonyl (C=S) groups is 1. The number of nitrogens with one attached hydrogen (secondary N) is 1. The second-order valence-corrected chi connectivity index (χ2v) is 9.92. The van der Waals surface area contributed by atoms with Crippen LogP contribution in [0.5, 0.6) is 11.5 Å². The van der Waals surface area contributed by atoms with Crippen LogP contribution in [0.4, 0.5) is 5.69 Å². The normalized spacial score (nSPS) is 14.6. The molecule has 2 amide bonds. The van der Waals surface area contributed by atoms with Crippen molar-refractivity contribution in [3.05, 3.63) is 56.9 Å². The van der Waals surface area contributed by atoms with Crippen molar-refractivity contribution < 1.29 is 23.8 Å². The lowest BCUT2D eigenvalue weighted by atomic mass is 10.2. The van der Waals surface area contributed by atoms with Gasteiger partial charge in [-0.3, -0.25) is 14.5 Å². The number of carbonyl (C=O) groups excluding carboxylic acids is 2. The topological polar surface area (TPSA) is 77.1 Å². The summed E-state index contributed by atoms with van der Waals surface area (Å²) in [6.45, 7) is 2.86. The van der Waals surface area contributed by atoms with Crippen LogP contribution in [0, 0.1) is 6.92 Å². The van der Waals surface area contributed by atoms with Crippen molar-refractivity contribution in [2.45, 2.75) is 13.3 Å². The molecule has 10 heteroatoms. The van der Waals surface area contributed by atoms with Crippen molar-refractivity contribution >= 4 is 67.8 Å². The van der Waals surface area contributed by atoms with E-state index in [1.54, 1.807) is 36.3 Å². The highest BCUT2D eigenvalue weighted by molar-refractivity contribution is 9.10. The molecule has 7 nitrogen and oxygen atoms in total. The van der Waals surface area contributed by atoms with Gasteiger partial charge in [0.05, 0.1) is 12.0 Å². The molecule has 1 aliphatic heterocycles. The van der Waals surface area contributed by atoms with E-state index < -0.39 is 0 Å². The Balaban J connectivity index is 1.64. The van der Waals surface area contributed by atoms with Gasteiger partial charge < -0.3 is 19.5 Å². The Labute approximate surface area is 216 Å². The van der Waals surface area contributed by atoms with Gasteiger partial charge >= 0.3 is 0 Å². The molecule has 0 aromatic heterocycles. The number of amides is 2. The number of aryl methyl sites for hydroxylation is 1. The number of methoxy groups -OCH3 is 2. The summed E-state index contributed by atoms with van der Waals surface area (Å²) in [4.78, 5) is 27.1. The van der Waals surface area contributed by atoms with Gasteiger partial charge in [-0.25, -0.2) is 0 Å². The smallest absolute Gasteiger partial charge is 0.266 e. The third kappa shape index (κ3) is 6.82. The van der Waals surface area contributed by atoms with Crippen LogP contribution in [0.25, 0.3) is 6.08 Å². The molecule has 0 atom stereocenters. The molecule has 1 fully saturated rings. The van der Waals surface area contributed by atoms with Crippen molar-refractivity contribution in [3.8, 4) is 11.5 Å². The van der Waals surface area contributed by atoms with Gasteiger partial charge in [-0.1, -0.05) is 46.0 Å². The molecule has 2 aromatic rings. The van der Waals surface area contributed by atoms with Gasteiger partial charge in [0.25, 0.3) is 11.8 Å². The monoisotopic (exact) mass is 564 g/mol. The van der Waals surface area contributed by atoms with Gasteiger partial charge in [0.1, 0.15) is 4.32 Å². The summed E-state index contributed by atoms with van der Waals surface area (Å²) in [6.07, 6.45) is 2.48. The predicted octanol–water partition coefficient (Wildman–Crippen LogP) is 5.02. The summed E-state index contributed by atoms with van der Waals surface area (Å²) < 4.78 is 17.7. The van der Waals surface area contributed by atoms with Crippen molar-refractivity contribution in [2.75, 3.05) is 39.3 Å². The molecule has 1 saturated heterocycles. The van der Waals surface area contributed by atoms with E-state index in [0.717, 1.165) is 15.6 Å². The Hall–Kier alpha value is -2.40. The van der Waals surface area contributed by atoms with Crippen LogP contribution in [0.3, 0.4) is 0 Å². The summed E-state index contributed by atoms with van der Waals surface area (Å²) in [5.41, 5.74) is 2.47. The Kier molecular flexibility index (Phi) is 9.52. The first-order chi connectivity index (χ1) is 16.3. The quantitative estimate of drug-likeness (QED) is 0.246. The van der Waals surface area contributed by atoms with Gasteiger partial charge in [-0.05, 0) is 60.9 Å². The number of nitrogens with zero attached hydrogens (tertiary/aromatic N) is 1. The maximum Gasteiger partial charge on any atom is 0.266 e. The Bertz CT molecular complexity index is 1120. The fourth-order valence-corrected chi connectivity index (χ4v) is 4.72. The fourth-order valence-electron chi connectivity index (χ4n) is 3.17. The zero-order chi connectivity index (χ0) is 24.7. The lowest BCUT2D eigenvalue weighted by molar-refractivity contribution is -0.122. The van der Waals surface area contributed by atoms with E-state index in [4.69, 9.17) is 26.4 Å². The van der Waals surface area contributed by atoms with Gasteiger partial charge in [-0.15, -0.1) is 0 Å². The first-order valence-corrected chi connectivity index (χ1v) is 12.4. The summed E-state index contributed by atoms with van der Waals surface area (Å²) in [5, 5.41) is 2.81. The summed E-state index contributed by atoms with van der Waals surface area (Å²) >= 11 is 10.1. The molecule has 1 heterocycles. The zero-order valence-corrected chi connectivity index (χ0v) is 22.3. The lowest BCUT2D eigenvalue weighted by Crippen LogP contribution is -2.29. The Morgan fingerprint density at radius 2 is 2.00 bits per heavy atom. The molecule has 0 spiro atoms. The van der Waals surface area contributed by atoms with Crippen LogP contribution in [-0.2, 0) is 14.3 Å². The number of halogens is 1. The number of hydrogen-bond donors (Lipinski definition) is 1. The van der Waals surface area contributed by atoms with Gasteiger partial charge in [0.15, 0.2) is 18.1 Å². The number of ether oxygens (including phenoxy) is 3. The lowest BCUT2D eigenvalue weighted by Gasteiger charge is -2.13. The van der Waals surface area contributed by atoms with Crippen molar-refractivity contribution in [1.82, 2.24) is 4.90 Å². The number of thioether (sulfide) groups is 1. The molecule has 1 N–H and O–H groups in total. The maximum absolute atomic E-state index is 12.7. The average molecular weight is 566 g/mol. The van der Waals surface area contributed by atoms with E-state index in [9.17, 15) is 9.59 Å². The largest absolute Gasteiger partial charge is 0.493 e. The summed E-state index contributed by atoms with van der Waals surface area (Å²) in [6, 6.07) is 10.8. The third-order valence-electron chi connectivity index (χ3n) is 4.89. The van der Waals surface area contributed by atoms with E-state index in [1.165, 1.54) is 18.9 Å². The van der Waals surface area contributed by atoms with E-state index in [0.29, 0.717) is 46.0 Å². The van der Waals surface area contributed by atoms with Crippen LogP contribution < -0.4 is 14.8 Å². The number of rotatable bonds is 10. The molecule has 180 valence electrons. The summed E-state index contributed by atoms with van der Waals surface area (Å²) in [5.74, 6) is 0.473. The van der Waals surface area contributed by atoms with E-state index in [2.05, 4.69) is 21.2 Å². The number of benzene rings is 2. The first kappa shape index (κ1) is 26.2. The minimum Gasteiger partial charge on any atom is -0.493 e. The van der Waals surface area contributed by atoms with Crippen molar-refractivity contribution in [2.24, 2.45) is 0 Å². The van der Waals surface area contributed by atoms with Crippen molar-refractivity contribution in [1.29, 1.82) is 0 Å². The number of hydrogen-bond acceptors (Lipinski definition) is 7. The first-order valence-electron chi connectivity index (χ1n) is 10.4. The number of carbonyl (C=O) groups is 2. The summed E-state index contributed by atoms with van der Waals surface area (Å²) in [7, 11) is 3.15.